The Kier molecular flexibility index (Phi) is 9.06. The summed E-state index contributed by atoms with van der Waals surface area (Å²) < 4.78 is 40.0. The number of aryl methyl sites for hydroxylation is 2. The van der Waals surface area contributed by atoms with Crippen LogP contribution in [0.5, 0.6) is 0 Å². The maximum Gasteiger partial charge on any atom is 0.244 e. The van der Waals surface area contributed by atoms with Crippen LogP contribution in [-0.2, 0) is 26.2 Å². The summed E-state index contributed by atoms with van der Waals surface area (Å²) >= 11 is 0. The minimum atomic E-state index is -3.81. The molecule has 2 aromatic rings. The lowest BCUT2D eigenvalue weighted by Gasteiger charge is -2.34. The molecule has 0 radical (unpaired) electrons. The zero-order valence-corrected chi connectivity index (χ0v) is 22.4. The van der Waals surface area contributed by atoms with Crippen LogP contribution in [0.4, 0.5) is 10.1 Å². The fourth-order valence-corrected chi connectivity index (χ4v) is 4.75. The molecule has 1 N–H and O–H groups in total. The molecular weight excluding hydrogens is 469 g/mol. The number of nitrogens with one attached hydrogen (secondary N) is 1. The lowest BCUT2D eigenvalue weighted by molar-refractivity contribution is -0.141. The highest BCUT2D eigenvalue weighted by atomic mass is 32.2. The summed E-state index contributed by atoms with van der Waals surface area (Å²) in [4.78, 5) is 28.2. The van der Waals surface area contributed by atoms with Gasteiger partial charge in [0.2, 0.25) is 21.8 Å². The number of amides is 2. The van der Waals surface area contributed by atoms with E-state index < -0.39 is 39.9 Å². The van der Waals surface area contributed by atoms with Crippen LogP contribution in [0.2, 0.25) is 0 Å². The summed E-state index contributed by atoms with van der Waals surface area (Å²) in [5.74, 6) is -1.29. The third-order valence-electron chi connectivity index (χ3n) is 5.45. The monoisotopic (exact) mass is 505 g/mol. The fourth-order valence-electron chi connectivity index (χ4n) is 3.84. The number of benzene rings is 2. The van der Waals surface area contributed by atoms with E-state index in [4.69, 9.17) is 0 Å². The smallest absolute Gasteiger partial charge is 0.244 e. The highest BCUT2D eigenvalue weighted by molar-refractivity contribution is 7.92. The number of carbonyl (C=O) groups excluding carboxylic acids is 2. The van der Waals surface area contributed by atoms with Crippen molar-refractivity contribution in [2.45, 2.75) is 66.1 Å². The molecule has 0 aliphatic heterocycles. The average Bonchev–Trinajstić information content (AvgIpc) is 2.71. The molecular formula is C26H36FN3O4S. The molecule has 7 nitrogen and oxygen atoms in total. The molecule has 0 spiro atoms. The molecule has 35 heavy (non-hydrogen) atoms. The molecule has 0 saturated carbocycles. The number of sulfonamides is 1. The molecule has 0 saturated heterocycles. The lowest BCUT2D eigenvalue weighted by Crippen LogP contribution is -2.55. The summed E-state index contributed by atoms with van der Waals surface area (Å²) in [5.41, 5.74) is 2.19. The summed E-state index contributed by atoms with van der Waals surface area (Å²) in [6.07, 6.45) is 1.37. The first-order valence-electron chi connectivity index (χ1n) is 11.5. The van der Waals surface area contributed by atoms with Crippen molar-refractivity contribution in [2.75, 3.05) is 17.1 Å². The van der Waals surface area contributed by atoms with Crippen molar-refractivity contribution in [1.29, 1.82) is 0 Å². The molecule has 9 heteroatoms. The van der Waals surface area contributed by atoms with Gasteiger partial charge in [0.05, 0.1) is 11.9 Å². The van der Waals surface area contributed by atoms with Crippen molar-refractivity contribution in [3.63, 3.8) is 0 Å². The molecule has 2 rings (SSSR count). The molecule has 0 aliphatic carbocycles. The molecule has 2 amide bonds. The molecule has 0 heterocycles. The van der Waals surface area contributed by atoms with Crippen molar-refractivity contribution >= 4 is 27.5 Å². The van der Waals surface area contributed by atoms with Gasteiger partial charge < -0.3 is 10.2 Å². The van der Waals surface area contributed by atoms with Crippen LogP contribution in [0.15, 0.2) is 42.5 Å². The average molecular weight is 506 g/mol. The number of anilines is 1. The van der Waals surface area contributed by atoms with E-state index in [1.807, 2.05) is 33.8 Å². The Hall–Kier alpha value is -2.94. The topological polar surface area (TPSA) is 86.8 Å². The van der Waals surface area contributed by atoms with Crippen LogP contribution in [0, 0.1) is 19.7 Å². The van der Waals surface area contributed by atoms with Crippen LogP contribution >= 0.6 is 0 Å². The Morgan fingerprint density at radius 2 is 1.66 bits per heavy atom. The van der Waals surface area contributed by atoms with Gasteiger partial charge in [0.1, 0.15) is 18.4 Å². The van der Waals surface area contributed by atoms with E-state index in [0.29, 0.717) is 23.2 Å². The first-order valence-corrected chi connectivity index (χ1v) is 13.4. The third kappa shape index (κ3) is 8.06. The molecule has 192 valence electrons. The van der Waals surface area contributed by atoms with Gasteiger partial charge in [-0.25, -0.2) is 12.8 Å². The van der Waals surface area contributed by atoms with Gasteiger partial charge in [0.25, 0.3) is 0 Å². The zero-order chi connectivity index (χ0) is 26.6. The van der Waals surface area contributed by atoms with Crippen LogP contribution in [-0.4, -0.2) is 49.5 Å². The van der Waals surface area contributed by atoms with E-state index in [9.17, 15) is 22.4 Å². The summed E-state index contributed by atoms with van der Waals surface area (Å²) in [7, 11) is -3.81. The predicted octanol–water partition coefficient (Wildman–Crippen LogP) is 3.93. The van der Waals surface area contributed by atoms with E-state index in [-0.39, 0.29) is 12.5 Å². The number of hydrogen-bond acceptors (Lipinski definition) is 4. The number of rotatable bonds is 9. The van der Waals surface area contributed by atoms with Crippen LogP contribution in [0.3, 0.4) is 0 Å². The van der Waals surface area contributed by atoms with Gasteiger partial charge in [-0.05, 0) is 70.4 Å². The van der Waals surface area contributed by atoms with E-state index >= 15 is 0 Å². The lowest BCUT2D eigenvalue weighted by atomic mass is 10.1. The molecule has 0 aliphatic rings. The molecule has 2 aromatic carbocycles. The molecule has 0 bridgehead atoms. The molecule has 0 aromatic heterocycles. The Balaban J connectivity index is 2.48. The van der Waals surface area contributed by atoms with Crippen LogP contribution in [0.1, 0.15) is 50.8 Å². The SMILES string of the molecule is CC[C@@H](C(=O)NC(C)(C)C)N(Cc1ccc(F)cc1)C(=O)CN(c1ccc(C)cc1C)S(C)(=O)=O. The largest absolute Gasteiger partial charge is 0.350 e. The Morgan fingerprint density at radius 3 is 2.14 bits per heavy atom. The maximum atomic E-state index is 13.7. The highest BCUT2D eigenvalue weighted by Gasteiger charge is 2.33. The normalized spacial score (nSPS) is 12.7. The molecule has 1 atom stereocenters. The Morgan fingerprint density at radius 1 is 1.06 bits per heavy atom. The zero-order valence-electron chi connectivity index (χ0n) is 21.6. The highest BCUT2D eigenvalue weighted by Crippen LogP contribution is 2.24. The van der Waals surface area contributed by atoms with Gasteiger partial charge in [-0.3, -0.25) is 13.9 Å². The first kappa shape index (κ1) is 28.3. The number of hydrogen-bond donors (Lipinski definition) is 1. The van der Waals surface area contributed by atoms with Crippen molar-refractivity contribution in [3.05, 3.63) is 65.0 Å². The van der Waals surface area contributed by atoms with Gasteiger partial charge in [-0.2, -0.15) is 0 Å². The number of carbonyl (C=O) groups is 2. The quantitative estimate of drug-likeness (QED) is 0.560. The van der Waals surface area contributed by atoms with Crippen LogP contribution < -0.4 is 9.62 Å². The standard InChI is InChI=1S/C26H36FN3O4S/c1-8-22(25(32)28-26(4,5)6)29(16-20-10-12-21(27)13-11-20)24(31)17-30(35(7,33)34)23-14-9-18(2)15-19(23)3/h9-15,22H,8,16-17H2,1-7H3,(H,28,32)/t22-/m0/s1. The maximum absolute atomic E-state index is 13.7. The second kappa shape index (κ2) is 11.2. The van der Waals surface area contributed by atoms with E-state index in [0.717, 1.165) is 16.1 Å². The van der Waals surface area contributed by atoms with Crippen LogP contribution in [0.25, 0.3) is 0 Å². The van der Waals surface area contributed by atoms with E-state index in [1.165, 1.54) is 17.0 Å². The fraction of sp³-hybridized carbons (Fsp3) is 0.462. The van der Waals surface area contributed by atoms with Gasteiger partial charge in [0.15, 0.2) is 0 Å². The Labute approximate surface area is 208 Å². The summed E-state index contributed by atoms with van der Waals surface area (Å²) in [5, 5.41) is 2.91. The van der Waals surface area contributed by atoms with Gasteiger partial charge in [-0.1, -0.05) is 36.8 Å². The number of nitrogens with zero attached hydrogens (tertiary/aromatic N) is 2. The Bertz CT molecular complexity index is 1160. The van der Waals surface area contributed by atoms with E-state index in [2.05, 4.69) is 5.32 Å². The minimum absolute atomic E-state index is 0.0274. The first-order chi connectivity index (χ1) is 16.1. The van der Waals surface area contributed by atoms with Crippen molar-refractivity contribution in [1.82, 2.24) is 10.2 Å². The van der Waals surface area contributed by atoms with Crippen molar-refractivity contribution < 1.29 is 22.4 Å². The van der Waals surface area contributed by atoms with Crippen molar-refractivity contribution in [3.8, 4) is 0 Å². The predicted molar refractivity (Wildman–Crippen MR) is 137 cm³/mol. The van der Waals surface area contributed by atoms with Gasteiger partial charge in [0, 0.05) is 12.1 Å². The summed E-state index contributed by atoms with van der Waals surface area (Å²) in [6.45, 7) is 10.6. The second-order valence-corrected chi connectivity index (χ2v) is 11.8. The van der Waals surface area contributed by atoms with Gasteiger partial charge in [-0.15, -0.1) is 0 Å². The molecule has 0 unspecified atom stereocenters. The molecule has 0 fully saturated rings. The van der Waals surface area contributed by atoms with Gasteiger partial charge >= 0.3 is 0 Å². The second-order valence-electron chi connectivity index (χ2n) is 9.87. The minimum Gasteiger partial charge on any atom is -0.350 e. The summed E-state index contributed by atoms with van der Waals surface area (Å²) in [6, 6.07) is 10.1. The number of halogens is 1. The third-order valence-corrected chi connectivity index (χ3v) is 6.58. The van der Waals surface area contributed by atoms with E-state index in [1.54, 1.807) is 38.1 Å². The van der Waals surface area contributed by atoms with Crippen molar-refractivity contribution in [2.24, 2.45) is 0 Å².